The van der Waals surface area contributed by atoms with Crippen LogP contribution in [0.2, 0.25) is 0 Å². The molecule has 166 valence electrons. The summed E-state index contributed by atoms with van der Waals surface area (Å²) >= 11 is 1.32. The average molecular weight is 447 g/mol. The zero-order valence-electron chi connectivity index (χ0n) is 17.7. The number of esters is 1. The lowest BCUT2D eigenvalue weighted by Gasteiger charge is -2.13. The fourth-order valence-electron chi connectivity index (χ4n) is 2.46. The maximum absolute atomic E-state index is 12.1. The maximum atomic E-state index is 12.1. The minimum Gasteiger partial charge on any atom is -0.490 e. The first kappa shape index (κ1) is 24.1. The minimum absolute atomic E-state index is 0.419. The highest BCUT2D eigenvalue weighted by molar-refractivity contribution is 8.00. The number of thioether (sulfide) groups is 1. The van der Waals surface area contributed by atoms with Crippen molar-refractivity contribution < 1.29 is 28.6 Å². The Labute approximate surface area is 185 Å². The Hall–Kier alpha value is -3.20. The van der Waals surface area contributed by atoms with Gasteiger partial charge in [-0.15, -0.1) is 11.8 Å². The van der Waals surface area contributed by atoms with Crippen LogP contribution < -0.4 is 20.1 Å². The fourth-order valence-corrected chi connectivity index (χ4v) is 3.35. The predicted molar refractivity (Wildman–Crippen MR) is 119 cm³/mol. The summed E-state index contributed by atoms with van der Waals surface area (Å²) in [6, 6.07) is 13.5. The van der Waals surface area contributed by atoms with Gasteiger partial charge in [0.1, 0.15) is 5.25 Å². The van der Waals surface area contributed by atoms with Crippen molar-refractivity contribution >= 4 is 35.4 Å². The number of hydrogen-bond donors (Lipinski definition) is 2. The minimum atomic E-state index is -0.751. The van der Waals surface area contributed by atoms with Gasteiger partial charge in [0.2, 0.25) is 0 Å². The summed E-state index contributed by atoms with van der Waals surface area (Å²) in [7, 11) is 0. The van der Waals surface area contributed by atoms with Crippen LogP contribution in [0.25, 0.3) is 0 Å². The van der Waals surface area contributed by atoms with Crippen LogP contribution in [0.5, 0.6) is 11.5 Å². The van der Waals surface area contributed by atoms with Gasteiger partial charge in [0.25, 0.3) is 5.91 Å². The molecule has 8 nitrogen and oxygen atoms in total. The van der Waals surface area contributed by atoms with Crippen molar-refractivity contribution in [2.45, 2.75) is 30.9 Å². The third kappa shape index (κ3) is 8.21. The normalized spacial score (nSPS) is 11.2. The third-order valence-electron chi connectivity index (χ3n) is 3.79. The van der Waals surface area contributed by atoms with Gasteiger partial charge >= 0.3 is 12.0 Å². The van der Waals surface area contributed by atoms with Crippen molar-refractivity contribution in [3.63, 3.8) is 0 Å². The highest BCUT2D eigenvalue weighted by Crippen LogP contribution is 2.30. The fraction of sp³-hybridized carbons (Fsp3) is 0.318. The molecule has 9 heteroatoms. The van der Waals surface area contributed by atoms with Crippen molar-refractivity contribution in [1.29, 1.82) is 0 Å². The zero-order valence-corrected chi connectivity index (χ0v) is 18.5. The Kier molecular flexibility index (Phi) is 9.70. The number of carbonyl (C=O) groups excluding carboxylic acids is 3. The smallest absolute Gasteiger partial charge is 0.325 e. The zero-order chi connectivity index (χ0) is 22.6. The van der Waals surface area contributed by atoms with Gasteiger partial charge in [-0.3, -0.25) is 14.9 Å². The number of ether oxygens (including phenoxy) is 3. The highest BCUT2D eigenvalue weighted by Gasteiger charge is 2.18. The molecule has 2 aromatic carbocycles. The molecule has 0 saturated heterocycles. The molecule has 1 atom stereocenters. The number of carbonyl (C=O) groups is 3. The van der Waals surface area contributed by atoms with Gasteiger partial charge < -0.3 is 19.5 Å². The van der Waals surface area contributed by atoms with E-state index in [4.69, 9.17) is 14.2 Å². The molecule has 0 spiro atoms. The van der Waals surface area contributed by atoms with Crippen molar-refractivity contribution in [1.82, 2.24) is 5.32 Å². The van der Waals surface area contributed by atoms with E-state index in [1.54, 1.807) is 25.1 Å². The summed E-state index contributed by atoms with van der Waals surface area (Å²) in [4.78, 5) is 37.0. The van der Waals surface area contributed by atoms with E-state index in [0.717, 1.165) is 4.90 Å². The van der Waals surface area contributed by atoms with Crippen LogP contribution in [-0.2, 0) is 14.3 Å². The maximum Gasteiger partial charge on any atom is 0.325 e. The van der Waals surface area contributed by atoms with Gasteiger partial charge in [-0.05, 0) is 45.0 Å². The number of urea groups is 1. The largest absolute Gasteiger partial charge is 0.490 e. The predicted octanol–water partition coefficient (Wildman–Crippen LogP) is 3.86. The molecule has 31 heavy (non-hydrogen) atoms. The van der Waals surface area contributed by atoms with Crippen LogP contribution in [-0.4, -0.2) is 43.0 Å². The second kappa shape index (κ2) is 12.5. The quantitative estimate of drug-likeness (QED) is 0.422. The molecular formula is C22H26N2O6S. The Morgan fingerprint density at radius 3 is 2.32 bits per heavy atom. The van der Waals surface area contributed by atoms with Gasteiger partial charge in [-0.25, -0.2) is 4.79 Å². The SMILES string of the molecule is CCOc1ccc(NC(=O)NC(=O)COC(=O)C(C)Sc2ccccc2)cc1OCC. The molecule has 3 amide bonds. The van der Waals surface area contributed by atoms with E-state index in [2.05, 4.69) is 10.6 Å². The van der Waals surface area contributed by atoms with Crippen LogP contribution >= 0.6 is 11.8 Å². The van der Waals surface area contributed by atoms with E-state index >= 15 is 0 Å². The van der Waals surface area contributed by atoms with Crippen molar-refractivity contribution in [2.75, 3.05) is 25.1 Å². The van der Waals surface area contributed by atoms with Gasteiger partial charge in [0, 0.05) is 16.6 Å². The number of anilines is 1. The molecule has 0 saturated carbocycles. The lowest BCUT2D eigenvalue weighted by Crippen LogP contribution is -2.37. The van der Waals surface area contributed by atoms with Crippen molar-refractivity contribution in [2.24, 2.45) is 0 Å². The lowest BCUT2D eigenvalue weighted by molar-refractivity contribution is -0.147. The van der Waals surface area contributed by atoms with Crippen LogP contribution in [0.3, 0.4) is 0 Å². The topological polar surface area (TPSA) is 103 Å². The van der Waals surface area contributed by atoms with Crippen LogP contribution in [0.4, 0.5) is 10.5 Å². The van der Waals surface area contributed by atoms with E-state index < -0.39 is 29.8 Å². The molecule has 1 unspecified atom stereocenters. The van der Waals surface area contributed by atoms with E-state index in [9.17, 15) is 14.4 Å². The molecule has 0 fully saturated rings. The van der Waals surface area contributed by atoms with Gasteiger partial charge in [-0.2, -0.15) is 0 Å². The molecule has 0 radical (unpaired) electrons. The number of hydrogen-bond acceptors (Lipinski definition) is 7. The summed E-state index contributed by atoms with van der Waals surface area (Å²) in [6.45, 7) is 5.73. The van der Waals surface area contributed by atoms with Gasteiger partial charge in [0.15, 0.2) is 18.1 Å². The monoisotopic (exact) mass is 446 g/mol. The molecular weight excluding hydrogens is 420 g/mol. The number of amides is 3. The van der Waals surface area contributed by atoms with Crippen molar-refractivity contribution in [3.8, 4) is 11.5 Å². The number of nitrogens with one attached hydrogen (secondary N) is 2. The molecule has 0 bridgehead atoms. The van der Waals surface area contributed by atoms with E-state index in [0.29, 0.717) is 30.4 Å². The summed E-state index contributed by atoms with van der Waals surface area (Å²) < 4.78 is 16.0. The summed E-state index contributed by atoms with van der Waals surface area (Å²) in [5.74, 6) is -0.246. The first-order chi connectivity index (χ1) is 14.9. The summed E-state index contributed by atoms with van der Waals surface area (Å²) in [5, 5.41) is 4.16. The lowest BCUT2D eigenvalue weighted by atomic mass is 10.2. The number of benzene rings is 2. The molecule has 2 aromatic rings. The van der Waals surface area contributed by atoms with E-state index in [1.807, 2.05) is 44.2 Å². The Morgan fingerprint density at radius 2 is 1.65 bits per heavy atom. The molecule has 0 aliphatic carbocycles. The standard InChI is InChI=1S/C22H26N2O6S/c1-4-28-18-12-11-16(13-19(18)29-5-2)23-22(27)24-20(25)14-30-21(26)15(3)31-17-9-7-6-8-10-17/h6-13,15H,4-5,14H2,1-3H3,(H2,23,24,25,27). The van der Waals surface area contributed by atoms with E-state index in [1.165, 1.54) is 11.8 Å². The van der Waals surface area contributed by atoms with E-state index in [-0.39, 0.29) is 0 Å². The molecule has 0 aliphatic heterocycles. The molecule has 0 aromatic heterocycles. The van der Waals surface area contributed by atoms with Gasteiger partial charge in [0.05, 0.1) is 13.2 Å². The number of imide groups is 1. The first-order valence-electron chi connectivity index (χ1n) is 9.81. The van der Waals surface area contributed by atoms with Gasteiger partial charge in [-0.1, -0.05) is 18.2 Å². The molecule has 2 N–H and O–H groups in total. The molecule has 2 rings (SSSR count). The number of rotatable bonds is 10. The molecule has 0 aliphatic rings. The van der Waals surface area contributed by atoms with Crippen LogP contribution in [0, 0.1) is 0 Å². The Morgan fingerprint density at radius 1 is 0.968 bits per heavy atom. The Bertz CT molecular complexity index is 891. The van der Waals surface area contributed by atoms with Crippen LogP contribution in [0.1, 0.15) is 20.8 Å². The third-order valence-corrected chi connectivity index (χ3v) is 4.88. The average Bonchev–Trinajstić information content (AvgIpc) is 2.74. The van der Waals surface area contributed by atoms with Crippen LogP contribution in [0.15, 0.2) is 53.4 Å². The summed E-state index contributed by atoms with van der Waals surface area (Å²) in [6.07, 6.45) is 0. The second-order valence-corrected chi connectivity index (χ2v) is 7.62. The Balaban J connectivity index is 1.81. The highest BCUT2D eigenvalue weighted by atomic mass is 32.2. The molecule has 0 heterocycles. The van der Waals surface area contributed by atoms with Crippen molar-refractivity contribution in [3.05, 3.63) is 48.5 Å². The summed E-state index contributed by atoms with van der Waals surface area (Å²) in [5.41, 5.74) is 0.419. The second-order valence-electron chi connectivity index (χ2n) is 6.21. The first-order valence-corrected chi connectivity index (χ1v) is 10.7.